The van der Waals surface area contributed by atoms with Gasteiger partial charge in [-0.15, -0.1) is 0 Å². The van der Waals surface area contributed by atoms with Crippen molar-refractivity contribution in [3.63, 3.8) is 0 Å². The molecule has 0 bridgehead atoms. The van der Waals surface area contributed by atoms with Crippen LogP contribution >= 0.6 is 0 Å². The topological polar surface area (TPSA) is 30.7 Å². The van der Waals surface area contributed by atoms with Gasteiger partial charge < -0.3 is 0 Å². The monoisotopic (exact) mass is 318 g/mol. The van der Waals surface area contributed by atoms with Gasteiger partial charge in [0.1, 0.15) is 32.4 Å². The smallest absolute Gasteiger partial charge is 0.137 e. The van der Waals surface area contributed by atoms with Gasteiger partial charge in [-0.05, 0) is 24.3 Å². The summed E-state index contributed by atoms with van der Waals surface area (Å²) in [6.07, 6.45) is 2.86. The second kappa shape index (κ2) is 5.80. The number of hydrogen-bond donors (Lipinski definition) is 0. The van der Waals surface area contributed by atoms with Gasteiger partial charge in [0.15, 0.2) is 0 Å². The Morgan fingerprint density at radius 1 is 1.00 bits per heavy atom. The number of hydrogen-bond acceptors (Lipinski definition) is 2. The van der Waals surface area contributed by atoms with E-state index >= 15 is 0 Å². The first-order valence-corrected chi connectivity index (χ1v) is 8.88. The summed E-state index contributed by atoms with van der Waals surface area (Å²) < 4.78 is 53.1. The van der Waals surface area contributed by atoms with E-state index in [0.717, 1.165) is 0 Å². The van der Waals surface area contributed by atoms with Crippen LogP contribution in [0.15, 0.2) is 61.2 Å². The van der Waals surface area contributed by atoms with Crippen LogP contribution in [-0.4, -0.2) is 22.8 Å². The SMILES string of the molecule is [2H]C([2H])([2H])[Si](Cn1cncn1)(c1ccc(F)cc1)c1ccc(F)cc1. The van der Waals surface area contributed by atoms with Crippen molar-refractivity contribution in [1.29, 1.82) is 0 Å². The molecule has 3 nitrogen and oxygen atoms in total. The lowest BCUT2D eigenvalue weighted by Crippen LogP contribution is -2.59. The third-order valence-electron chi connectivity index (χ3n) is 3.54. The summed E-state index contributed by atoms with van der Waals surface area (Å²) in [6.45, 7) is -2.37. The van der Waals surface area contributed by atoms with Crippen molar-refractivity contribution >= 4 is 18.4 Å². The molecule has 2 aromatic carbocycles. The van der Waals surface area contributed by atoms with Crippen molar-refractivity contribution in [3.8, 4) is 0 Å². The van der Waals surface area contributed by atoms with Gasteiger partial charge >= 0.3 is 0 Å². The molecular formula is C16H15F2N3Si. The van der Waals surface area contributed by atoms with Crippen molar-refractivity contribution in [2.75, 3.05) is 0 Å². The Kier molecular flexibility index (Phi) is 2.97. The van der Waals surface area contributed by atoms with E-state index < -0.39 is 26.2 Å². The Bertz CT molecular complexity index is 789. The summed E-state index contributed by atoms with van der Waals surface area (Å²) in [5.41, 5.74) is 0. The van der Waals surface area contributed by atoms with Crippen LogP contribution < -0.4 is 10.4 Å². The fraction of sp³-hybridized carbons (Fsp3) is 0.125. The van der Waals surface area contributed by atoms with Crippen molar-refractivity contribution in [1.82, 2.24) is 14.8 Å². The molecule has 0 amide bonds. The first-order valence-electron chi connectivity index (χ1n) is 8.17. The molecule has 1 heterocycles. The summed E-state index contributed by atoms with van der Waals surface area (Å²) >= 11 is 0. The summed E-state index contributed by atoms with van der Waals surface area (Å²) in [4.78, 5) is 3.87. The van der Waals surface area contributed by atoms with Crippen molar-refractivity contribution in [2.45, 2.75) is 12.6 Å². The summed E-state index contributed by atoms with van der Waals surface area (Å²) in [5, 5.41) is 5.09. The van der Waals surface area contributed by atoms with E-state index in [1.807, 2.05) is 0 Å². The maximum Gasteiger partial charge on any atom is 0.137 e. The van der Waals surface area contributed by atoms with E-state index in [1.165, 1.54) is 65.9 Å². The molecule has 0 saturated carbocycles. The first kappa shape index (κ1) is 11.3. The predicted molar refractivity (Wildman–Crippen MR) is 83.7 cm³/mol. The van der Waals surface area contributed by atoms with E-state index in [0.29, 0.717) is 10.4 Å². The van der Waals surface area contributed by atoms with Gasteiger partial charge in [-0.1, -0.05) is 41.1 Å². The predicted octanol–water partition coefficient (Wildman–Crippen LogP) is 1.99. The molecule has 0 aliphatic rings. The molecule has 0 spiro atoms. The van der Waals surface area contributed by atoms with Gasteiger partial charge in [0.25, 0.3) is 0 Å². The van der Waals surface area contributed by atoms with Crippen LogP contribution in [-0.2, 0) is 6.17 Å². The zero-order chi connectivity index (χ0) is 18.1. The van der Waals surface area contributed by atoms with Gasteiger partial charge in [0.05, 0.1) is 0 Å². The maximum atomic E-state index is 13.4. The van der Waals surface area contributed by atoms with E-state index in [2.05, 4.69) is 10.1 Å². The number of halogens is 2. The first-order chi connectivity index (χ1) is 11.8. The summed E-state index contributed by atoms with van der Waals surface area (Å²) in [5.74, 6) is -0.894. The zero-order valence-corrected chi connectivity index (χ0v) is 12.6. The molecule has 0 aliphatic carbocycles. The fourth-order valence-corrected chi connectivity index (χ4v) is 5.19. The lowest BCUT2D eigenvalue weighted by molar-refractivity contribution is 0.628. The van der Waals surface area contributed by atoms with Gasteiger partial charge in [-0.25, -0.2) is 13.8 Å². The highest BCUT2D eigenvalue weighted by molar-refractivity contribution is 7.00. The Hall–Kier alpha value is -2.34. The molecule has 3 rings (SSSR count). The molecule has 0 unspecified atom stereocenters. The zero-order valence-electron chi connectivity index (χ0n) is 14.6. The molecule has 6 heteroatoms. The van der Waals surface area contributed by atoms with Crippen molar-refractivity contribution in [2.24, 2.45) is 0 Å². The van der Waals surface area contributed by atoms with Crippen LogP contribution in [0.1, 0.15) is 4.11 Å². The summed E-state index contributed by atoms with van der Waals surface area (Å²) in [7, 11) is -3.47. The summed E-state index contributed by atoms with van der Waals surface area (Å²) in [6, 6.07) is 11.0. The minimum absolute atomic E-state index is 0.0841. The Morgan fingerprint density at radius 2 is 1.55 bits per heavy atom. The Labute approximate surface area is 132 Å². The van der Waals surface area contributed by atoms with E-state index in [-0.39, 0.29) is 6.17 Å². The van der Waals surface area contributed by atoms with Crippen LogP contribution in [0.5, 0.6) is 0 Å². The maximum absolute atomic E-state index is 13.4. The molecule has 3 aromatic rings. The minimum Gasteiger partial charge on any atom is -0.255 e. The molecule has 0 N–H and O–H groups in total. The molecule has 22 heavy (non-hydrogen) atoms. The highest BCUT2D eigenvalue weighted by Gasteiger charge is 2.33. The molecule has 0 saturated heterocycles. The Balaban J connectivity index is 2.26. The van der Waals surface area contributed by atoms with Gasteiger partial charge in [0, 0.05) is 10.3 Å². The van der Waals surface area contributed by atoms with Crippen LogP contribution in [0, 0.1) is 11.6 Å². The van der Waals surface area contributed by atoms with Crippen LogP contribution in [0.2, 0.25) is 6.48 Å². The van der Waals surface area contributed by atoms with E-state index in [9.17, 15) is 8.78 Å². The van der Waals surface area contributed by atoms with Crippen molar-refractivity contribution in [3.05, 3.63) is 72.8 Å². The second-order valence-corrected chi connectivity index (χ2v) is 8.29. The average molecular weight is 318 g/mol. The standard InChI is InChI=1S/C16H15F2N3Si/c1-22(12-21-11-19-10-20-21,15-6-2-13(17)3-7-15)16-8-4-14(18)5-9-16/h2-11H,12H2,1H3/i1D3. The van der Waals surface area contributed by atoms with Gasteiger partial charge in [-0.2, -0.15) is 5.10 Å². The number of nitrogens with zero attached hydrogens (tertiary/aromatic N) is 3. The lowest BCUT2D eigenvalue weighted by atomic mass is 10.3. The van der Waals surface area contributed by atoms with Crippen LogP contribution in [0.4, 0.5) is 8.78 Å². The largest absolute Gasteiger partial charge is 0.255 e. The highest BCUT2D eigenvalue weighted by atomic mass is 28.3. The number of aromatic nitrogens is 3. The average Bonchev–Trinajstić information content (AvgIpc) is 3.06. The van der Waals surface area contributed by atoms with Gasteiger partial charge in [-0.3, -0.25) is 4.68 Å². The van der Waals surface area contributed by atoms with E-state index in [1.54, 1.807) is 0 Å². The van der Waals surface area contributed by atoms with Crippen molar-refractivity contribution < 1.29 is 12.9 Å². The molecule has 0 aliphatic heterocycles. The van der Waals surface area contributed by atoms with Crippen LogP contribution in [0.3, 0.4) is 0 Å². The molecule has 0 atom stereocenters. The fourth-order valence-electron chi connectivity index (χ4n) is 2.38. The van der Waals surface area contributed by atoms with E-state index in [4.69, 9.17) is 4.11 Å². The quantitative estimate of drug-likeness (QED) is 0.689. The Morgan fingerprint density at radius 3 is 1.95 bits per heavy atom. The highest BCUT2D eigenvalue weighted by Crippen LogP contribution is 2.10. The van der Waals surface area contributed by atoms with Crippen LogP contribution in [0.25, 0.3) is 0 Å². The minimum atomic E-state index is -3.47. The van der Waals surface area contributed by atoms with Gasteiger partial charge in [0.2, 0.25) is 0 Å². The second-order valence-electron chi connectivity index (χ2n) is 5.01. The number of benzene rings is 2. The number of rotatable bonds is 4. The normalized spacial score (nSPS) is 14.2. The molecule has 0 radical (unpaired) electrons. The third kappa shape index (κ3) is 2.82. The third-order valence-corrected chi connectivity index (χ3v) is 6.98. The molecule has 112 valence electrons. The molecule has 0 fully saturated rings. The molecule has 1 aromatic heterocycles. The lowest BCUT2D eigenvalue weighted by Gasteiger charge is -2.28. The molecular weight excluding hydrogens is 300 g/mol.